The van der Waals surface area contributed by atoms with Crippen LogP contribution in [0.15, 0.2) is 36.4 Å². The van der Waals surface area contributed by atoms with Gasteiger partial charge in [0.2, 0.25) is 0 Å². The predicted molar refractivity (Wildman–Crippen MR) is 119 cm³/mol. The van der Waals surface area contributed by atoms with Crippen LogP contribution in [0.1, 0.15) is 54.0 Å². The van der Waals surface area contributed by atoms with Crippen molar-refractivity contribution in [1.82, 2.24) is 0 Å². The number of rotatable bonds is 4. The van der Waals surface area contributed by atoms with Crippen LogP contribution in [-0.2, 0) is 17.6 Å². The second-order valence-electron chi connectivity index (χ2n) is 9.36. The molecule has 0 bridgehead atoms. The van der Waals surface area contributed by atoms with Gasteiger partial charge >= 0.3 is 0 Å². The first kappa shape index (κ1) is 22.1. The highest BCUT2D eigenvalue weighted by molar-refractivity contribution is 6.31. The first-order chi connectivity index (χ1) is 15.4. The molecule has 5 atom stereocenters. The molecule has 1 saturated heterocycles. The molecule has 3 aliphatic rings. The molecule has 1 spiro atoms. The van der Waals surface area contributed by atoms with Crippen LogP contribution in [0.3, 0.4) is 0 Å². The Hall–Kier alpha value is -1.67. The molecule has 2 aromatic carbocycles. The molecular weight excluding hydrogens is 432 g/mol. The van der Waals surface area contributed by atoms with Gasteiger partial charge in [0.25, 0.3) is 0 Å². The number of benzene rings is 2. The SMILES string of the molecule is OC[C@H]1O[C@@H](c2ccc(Cl)c(Cc3ccc4c(c3)CCC3(CCC3)O4)c2)[C@H](O)[C@@H](O)[C@@H]1O. The van der Waals surface area contributed by atoms with Crippen molar-refractivity contribution >= 4 is 11.6 Å². The van der Waals surface area contributed by atoms with Gasteiger partial charge in [-0.25, -0.2) is 0 Å². The van der Waals surface area contributed by atoms with E-state index in [1.54, 1.807) is 12.1 Å². The Bertz CT molecular complexity index is 988. The molecule has 1 aliphatic carbocycles. The Balaban J connectivity index is 1.37. The Morgan fingerprint density at radius 1 is 0.969 bits per heavy atom. The zero-order chi connectivity index (χ0) is 22.5. The Labute approximate surface area is 192 Å². The molecule has 7 heteroatoms. The van der Waals surface area contributed by atoms with Gasteiger partial charge in [0.1, 0.15) is 41.9 Å². The van der Waals surface area contributed by atoms with Gasteiger partial charge < -0.3 is 29.9 Å². The summed E-state index contributed by atoms with van der Waals surface area (Å²) in [5.74, 6) is 0.987. The van der Waals surface area contributed by atoms with Crippen LogP contribution in [0.25, 0.3) is 0 Å². The number of hydrogen-bond acceptors (Lipinski definition) is 6. The summed E-state index contributed by atoms with van der Waals surface area (Å²) in [5, 5.41) is 40.7. The molecule has 32 heavy (non-hydrogen) atoms. The maximum absolute atomic E-state index is 10.5. The van der Waals surface area contributed by atoms with E-state index >= 15 is 0 Å². The largest absolute Gasteiger partial charge is 0.487 e. The Morgan fingerprint density at radius 2 is 1.78 bits per heavy atom. The van der Waals surface area contributed by atoms with Crippen LogP contribution in [0.2, 0.25) is 5.02 Å². The highest BCUT2D eigenvalue weighted by Crippen LogP contribution is 2.45. The van der Waals surface area contributed by atoms with Crippen LogP contribution in [0.5, 0.6) is 5.75 Å². The van der Waals surface area contributed by atoms with Crippen LogP contribution in [-0.4, -0.2) is 57.0 Å². The minimum Gasteiger partial charge on any atom is -0.487 e. The van der Waals surface area contributed by atoms with E-state index in [1.165, 1.54) is 12.0 Å². The second-order valence-corrected chi connectivity index (χ2v) is 9.77. The molecule has 2 fully saturated rings. The summed E-state index contributed by atoms with van der Waals surface area (Å²) in [6.07, 6.45) is 0.288. The first-order valence-electron chi connectivity index (χ1n) is 11.3. The maximum atomic E-state index is 10.5. The summed E-state index contributed by atoms with van der Waals surface area (Å²) in [6.45, 7) is -0.458. The Kier molecular flexibility index (Phi) is 5.95. The molecule has 172 valence electrons. The third-order valence-corrected chi connectivity index (χ3v) is 7.62. The van der Waals surface area contributed by atoms with Gasteiger partial charge in [0, 0.05) is 5.02 Å². The first-order valence-corrected chi connectivity index (χ1v) is 11.7. The fourth-order valence-electron chi connectivity index (χ4n) is 5.11. The molecule has 0 radical (unpaired) electrons. The number of aliphatic hydroxyl groups is 4. The van der Waals surface area contributed by atoms with Crippen molar-refractivity contribution in [2.45, 2.75) is 74.6 Å². The van der Waals surface area contributed by atoms with Crippen molar-refractivity contribution in [1.29, 1.82) is 0 Å². The van der Waals surface area contributed by atoms with Crippen molar-refractivity contribution in [3.63, 3.8) is 0 Å². The van der Waals surface area contributed by atoms with Gasteiger partial charge in [-0.1, -0.05) is 35.9 Å². The maximum Gasteiger partial charge on any atom is 0.123 e. The van der Waals surface area contributed by atoms with E-state index in [0.717, 1.165) is 42.6 Å². The number of fused-ring (bicyclic) bond motifs is 1. The van der Waals surface area contributed by atoms with Gasteiger partial charge in [-0.3, -0.25) is 0 Å². The fraction of sp³-hybridized carbons (Fsp3) is 0.520. The van der Waals surface area contributed by atoms with Crippen LogP contribution >= 0.6 is 11.6 Å². The van der Waals surface area contributed by atoms with Crippen LogP contribution in [0.4, 0.5) is 0 Å². The molecule has 6 nitrogen and oxygen atoms in total. The van der Waals surface area contributed by atoms with Crippen molar-refractivity contribution in [3.05, 3.63) is 63.7 Å². The average molecular weight is 461 g/mol. The van der Waals surface area contributed by atoms with Gasteiger partial charge in [-0.05, 0) is 72.9 Å². The van der Waals surface area contributed by atoms with Crippen molar-refractivity contribution in [2.75, 3.05) is 6.61 Å². The number of ether oxygens (including phenoxy) is 2. The molecule has 0 unspecified atom stereocenters. The van der Waals surface area contributed by atoms with E-state index < -0.39 is 37.1 Å². The fourth-order valence-corrected chi connectivity index (χ4v) is 5.30. The van der Waals surface area contributed by atoms with Crippen molar-refractivity contribution in [2.24, 2.45) is 0 Å². The molecule has 4 N–H and O–H groups in total. The van der Waals surface area contributed by atoms with Gasteiger partial charge in [0.15, 0.2) is 0 Å². The lowest BCUT2D eigenvalue weighted by Gasteiger charge is -2.45. The number of aryl methyl sites for hydroxylation is 1. The molecule has 2 aliphatic heterocycles. The zero-order valence-electron chi connectivity index (χ0n) is 17.8. The third kappa shape index (κ3) is 3.94. The number of aliphatic hydroxyl groups excluding tert-OH is 4. The van der Waals surface area contributed by atoms with Gasteiger partial charge in [-0.15, -0.1) is 0 Å². The summed E-state index contributed by atoms with van der Waals surface area (Å²) in [5.41, 5.74) is 3.91. The minimum absolute atomic E-state index is 0.0670. The van der Waals surface area contributed by atoms with E-state index in [4.69, 9.17) is 21.1 Å². The van der Waals surface area contributed by atoms with E-state index in [2.05, 4.69) is 18.2 Å². The smallest absolute Gasteiger partial charge is 0.123 e. The van der Waals surface area contributed by atoms with Gasteiger partial charge in [0.05, 0.1) is 6.61 Å². The van der Waals surface area contributed by atoms with Crippen LogP contribution in [0, 0.1) is 0 Å². The highest BCUT2D eigenvalue weighted by atomic mass is 35.5. The molecular formula is C25H29ClO6. The Morgan fingerprint density at radius 3 is 2.50 bits per heavy atom. The molecule has 5 rings (SSSR count). The molecule has 0 aromatic heterocycles. The van der Waals surface area contributed by atoms with Gasteiger partial charge in [-0.2, -0.15) is 0 Å². The lowest BCUT2D eigenvalue weighted by Crippen LogP contribution is -2.55. The zero-order valence-corrected chi connectivity index (χ0v) is 18.5. The number of halogens is 1. The molecule has 2 aromatic rings. The summed E-state index contributed by atoms with van der Waals surface area (Å²) in [6, 6.07) is 11.6. The summed E-state index contributed by atoms with van der Waals surface area (Å²) in [4.78, 5) is 0. The molecule has 1 saturated carbocycles. The van der Waals surface area contributed by atoms with E-state index in [-0.39, 0.29) is 5.60 Å². The lowest BCUT2D eigenvalue weighted by molar-refractivity contribution is -0.231. The second kappa shape index (κ2) is 8.60. The van der Waals surface area contributed by atoms with E-state index in [0.29, 0.717) is 17.0 Å². The standard InChI is InChI=1S/C25H29ClO6/c26-18-4-3-16(24-23(30)22(29)21(28)20(13-27)31-24)12-17(18)11-14-2-5-19-15(10-14)6-9-25(32-19)7-1-8-25/h2-5,10,12,20-24,27-30H,1,6-9,11,13H2/t20-,21-,22+,23-,24+/m1/s1. The summed E-state index contributed by atoms with van der Waals surface area (Å²) < 4.78 is 12.0. The number of hydrogen-bond donors (Lipinski definition) is 4. The predicted octanol–water partition coefficient (Wildman–Crippen LogP) is 2.69. The monoisotopic (exact) mass is 460 g/mol. The lowest BCUT2D eigenvalue weighted by atomic mass is 9.74. The van der Waals surface area contributed by atoms with E-state index in [9.17, 15) is 20.4 Å². The van der Waals surface area contributed by atoms with E-state index in [1.807, 2.05) is 6.07 Å². The summed E-state index contributed by atoms with van der Waals surface area (Å²) >= 11 is 6.48. The molecule has 0 amide bonds. The van der Waals surface area contributed by atoms with Crippen LogP contribution < -0.4 is 4.74 Å². The molecule has 2 heterocycles. The average Bonchev–Trinajstić information content (AvgIpc) is 2.78. The topological polar surface area (TPSA) is 99.4 Å². The minimum atomic E-state index is -1.41. The quantitative estimate of drug-likeness (QED) is 0.560. The highest BCUT2D eigenvalue weighted by Gasteiger charge is 2.44. The normalized spacial score (nSPS) is 31.0. The van der Waals surface area contributed by atoms with Crippen molar-refractivity contribution < 1.29 is 29.9 Å². The third-order valence-electron chi connectivity index (χ3n) is 7.25. The summed E-state index contributed by atoms with van der Waals surface area (Å²) in [7, 11) is 0. The van der Waals surface area contributed by atoms with Crippen molar-refractivity contribution in [3.8, 4) is 5.75 Å².